The van der Waals surface area contributed by atoms with Crippen molar-refractivity contribution in [3.63, 3.8) is 0 Å². The van der Waals surface area contributed by atoms with Crippen molar-refractivity contribution in [2.75, 3.05) is 13.7 Å². The van der Waals surface area contributed by atoms with Crippen LogP contribution < -0.4 is 5.32 Å². The van der Waals surface area contributed by atoms with Crippen LogP contribution in [-0.2, 0) is 9.53 Å². The number of rotatable bonds is 3. The summed E-state index contributed by atoms with van der Waals surface area (Å²) in [6.07, 6.45) is 0. The van der Waals surface area contributed by atoms with E-state index in [1.807, 2.05) is 0 Å². The van der Waals surface area contributed by atoms with Gasteiger partial charge in [0.25, 0.3) is 5.91 Å². The van der Waals surface area contributed by atoms with E-state index in [9.17, 15) is 14.7 Å². The van der Waals surface area contributed by atoms with E-state index in [1.54, 1.807) is 0 Å². The molecule has 2 N–H and O–H groups in total. The van der Waals surface area contributed by atoms with Crippen LogP contribution in [0.15, 0.2) is 18.2 Å². The van der Waals surface area contributed by atoms with Crippen molar-refractivity contribution in [1.29, 1.82) is 0 Å². The second kappa shape index (κ2) is 5.37. The molecule has 0 aliphatic carbocycles. The van der Waals surface area contributed by atoms with Crippen LogP contribution in [0.25, 0.3) is 0 Å². The first-order valence-corrected chi connectivity index (χ1v) is 4.76. The summed E-state index contributed by atoms with van der Waals surface area (Å²) in [6.45, 7) is -0.253. The lowest BCUT2D eigenvalue weighted by Gasteiger charge is -2.05. The van der Waals surface area contributed by atoms with Gasteiger partial charge in [-0.1, -0.05) is 11.6 Å². The average Bonchev–Trinajstić information content (AvgIpc) is 2.25. The first kappa shape index (κ1) is 12.3. The third kappa shape index (κ3) is 3.13. The Balaban J connectivity index is 2.70. The first-order chi connectivity index (χ1) is 7.54. The molecule has 0 aliphatic rings. The average molecular weight is 244 g/mol. The molecule has 5 nitrogen and oxygen atoms in total. The number of halogens is 1. The minimum absolute atomic E-state index is 0.0494. The van der Waals surface area contributed by atoms with Gasteiger partial charge in [0.1, 0.15) is 12.3 Å². The van der Waals surface area contributed by atoms with Gasteiger partial charge >= 0.3 is 5.97 Å². The van der Waals surface area contributed by atoms with E-state index in [0.29, 0.717) is 5.02 Å². The molecule has 0 saturated carbocycles. The van der Waals surface area contributed by atoms with E-state index in [4.69, 9.17) is 11.6 Å². The number of hydrogen-bond donors (Lipinski definition) is 2. The monoisotopic (exact) mass is 243 g/mol. The third-order valence-electron chi connectivity index (χ3n) is 1.83. The van der Waals surface area contributed by atoms with Crippen LogP contribution in [0.1, 0.15) is 10.4 Å². The SMILES string of the molecule is COC(=O)CNC(=O)c1ccc(Cl)cc1O. The van der Waals surface area contributed by atoms with Crippen LogP contribution in [-0.4, -0.2) is 30.6 Å². The van der Waals surface area contributed by atoms with Crippen molar-refractivity contribution < 1.29 is 19.4 Å². The maximum absolute atomic E-state index is 11.5. The Morgan fingerprint density at radius 1 is 1.50 bits per heavy atom. The van der Waals surface area contributed by atoms with E-state index in [2.05, 4.69) is 10.1 Å². The fraction of sp³-hybridized carbons (Fsp3) is 0.200. The van der Waals surface area contributed by atoms with E-state index in [1.165, 1.54) is 25.3 Å². The third-order valence-corrected chi connectivity index (χ3v) is 2.06. The van der Waals surface area contributed by atoms with Crippen molar-refractivity contribution in [1.82, 2.24) is 5.32 Å². The standard InChI is InChI=1S/C10H10ClNO4/c1-16-9(14)5-12-10(15)7-3-2-6(11)4-8(7)13/h2-4,13H,5H2,1H3,(H,12,15). The van der Waals surface area contributed by atoms with Crippen molar-refractivity contribution in [3.05, 3.63) is 28.8 Å². The Morgan fingerprint density at radius 2 is 2.19 bits per heavy atom. The number of nitrogens with one attached hydrogen (secondary N) is 1. The van der Waals surface area contributed by atoms with Gasteiger partial charge in [0.15, 0.2) is 0 Å². The van der Waals surface area contributed by atoms with Gasteiger partial charge in [-0.05, 0) is 18.2 Å². The summed E-state index contributed by atoms with van der Waals surface area (Å²) in [7, 11) is 1.22. The van der Waals surface area contributed by atoms with E-state index < -0.39 is 11.9 Å². The van der Waals surface area contributed by atoms with Gasteiger partial charge in [-0.3, -0.25) is 9.59 Å². The Morgan fingerprint density at radius 3 is 2.75 bits per heavy atom. The number of amides is 1. The number of carbonyl (C=O) groups is 2. The lowest BCUT2D eigenvalue weighted by Crippen LogP contribution is -2.30. The molecule has 0 aromatic heterocycles. The Kier molecular flexibility index (Phi) is 4.13. The summed E-state index contributed by atoms with van der Waals surface area (Å²) in [5.74, 6) is -1.38. The lowest BCUT2D eigenvalue weighted by atomic mass is 10.2. The van der Waals surface area contributed by atoms with E-state index >= 15 is 0 Å². The zero-order valence-corrected chi connectivity index (χ0v) is 9.25. The maximum atomic E-state index is 11.5. The number of phenolic OH excluding ortho intramolecular Hbond substituents is 1. The van der Waals surface area contributed by atoms with E-state index in [0.717, 1.165) is 0 Å². The van der Waals surface area contributed by atoms with Gasteiger partial charge in [0.05, 0.1) is 12.7 Å². The minimum Gasteiger partial charge on any atom is -0.507 e. The fourth-order valence-electron chi connectivity index (χ4n) is 1.02. The molecular weight excluding hydrogens is 234 g/mol. The molecule has 0 fully saturated rings. The molecule has 1 aromatic carbocycles. The summed E-state index contributed by atoms with van der Waals surface area (Å²) in [5, 5.41) is 12.0. The lowest BCUT2D eigenvalue weighted by molar-refractivity contribution is -0.139. The number of phenols is 1. The van der Waals surface area contributed by atoms with Gasteiger partial charge in [-0.25, -0.2) is 0 Å². The number of benzene rings is 1. The number of hydrogen-bond acceptors (Lipinski definition) is 4. The zero-order chi connectivity index (χ0) is 12.1. The van der Waals surface area contributed by atoms with Crippen LogP contribution in [0.5, 0.6) is 5.75 Å². The van der Waals surface area contributed by atoms with Gasteiger partial charge in [0, 0.05) is 5.02 Å². The molecule has 0 heterocycles. The normalized spacial score (nSPS) is 9.62. The molecule has 0 radical (unpaired) electrons. The number of methoxy groups -OCH3 is 1. The largest absolute Gasteiger partial charge is 0.507 e. The topological polar surface area (TPSA) is 75.6 Å². The molecule has 0 saturated heterocycles. The van der Waals surface area contributed by atoms with Gasteiger partial charge in [-0.2, -0.15) is 0 Å². The first-order valence-electron chi connectivity index (χ1n) is 4.38. The second-order valence-electron chi connectivity index (χ2n) is 2.92. The van der Waals surface area contributed by atoms with Crippen molar-refractivity contribution in [2.24, 2.45) is 0 Å². The molecule has 1 amide bonds. The van der Waals surface area contributed by atoms with Crippen molar-refractivity contribution in [3.8, 4) is 5.75 Å². The Hall–Kier alpha value is -1.75. The molecule has 1 rings (SSSR count). The van der Waals surface area contributed by atoms with Gasteiger partial charge in [0.2, 0.25) is 0 Å². The van der Waals surface area contributed by atoms with Crippen LogP contribution in [0.2, 0.25) is 5.02 Å². The van der Waals surface area contributed by atoms with Gasteiger partial charge < -0.3 is 15.2 Å². The highest BCUT2D eigenvalue weighted by molar-refractivity contribution is 6.30. The summed E-state index contributed by atoms with van der Waals surface area (Å²) in [4.78, 5) is 22.2. The molecule has 6 heteroatoms. The van der Waals surface area contributed by atoms with Gasteiger partial charge in [-0.15, -0.1) is 0 Å². The molecule has 1 aromatic rings. The van der Waals surface area contributed by atoms with Crippen LogP contribution in [0.4, 0.5) is 0 Å². The summed E-state index contributed by atoms with van der Waals surface area (Å²) in [5.41, 5.74) is 0.0494. The summed E-state index contributed by atoms with van der Waals surface area (Å²) >= 11 is 5.61. The molecule has 0 spiro atoms. The Labute approximate surface area is 97.0 Å². The number of esters is 1. The van der Waals surface area contributed by atoms with E-state index in [-0.39, 0.29) is 17.9 Å². The van der Waals surface area contributed by atoms with Crippen LogP contribution >= 0.6 is 11.6 Å². The highest BCUT2D eigenvalue weighted by Gasteiger charge is 2.12. The predicted octanol–water partition coefficient (Wildman–Crippen LogP) is 0.948. The van der Waals surface area contributed by atoms with Crippen LogP contribution in [0.3, 0.4) is 0 Å². The smallest absolute Gasteiger partial charge is 0.325 e. The van der Waals surface area contributed by atoms with Crippen LogP contribution in [0, 0.1) is 0 Å². The van der Waals surface area contributed by atoms with Crippen molar-refractivity contribution in [2.45, 2.75) is 0 Å². The number of aromatic hydroxyl groups is 1. The highest BCUT2D eigenvalue weighted by Crippen LogP contribution is 2.21. The molecule has 86 valence electrons. The number of ether oxygens (including phenoxy) is 1. The van der Waals surface area contributed by atoms with Crippen molar-refractivity contribution >= 4 is 23.5 Å². The minimum atomic E-state index is -0.570. The molecular formula is C10H10ClNO4. The summed E-state index contributed by atoms with van der Waals surface area (Å²) < 4.78 is 4.35. The predicted molar refractivity (Wildman–Crippen MR) is 57.5 cm³/mol. The number of carbonyl (C=O) groups excluding carboxylic acids is 2. The zero-order valence-electron chi connectivity index (χ0n) is 8.49. The molecule has 0 unspecified atom stereocenters. The second-order valence-corrected chi connectivity index (χ2v) is 3.36. The molecule has 0 bridgehead atoms. The molecule has 0 aliphatic heterocycles. The quantitative estimate of drug-likeness (QED) is 0.775. The molecule has 16 heavy (non-hydrogen) atoms. The molecule has 0 atom stereocenters. The fourth-order valence-corrected chi connectivity index (χ4v) is 1.18. The maximum Gasteiger partial charge on any atom is 0.325 e. The Bertz CT molecular complexity index is 419. The summed E-state index contributed by atoms with van der Waals surface area (Å²) in [6, 6.07) is 4.08. The highest BCUT2D eigenvalue weighted by atomic mass is 35.5.